The zero-order valence-electron chi connectivity index (χ0n) is 9.36. The van der Waals surface area contributed by atoms with E-state index in [-0.39, 0.29) is 0 Å². The summed E-state index contributed by atoms with van der Waals surface area (Å²) in [7, 11) is 2.17. The maximum absolute atomic E-state index is 5.86. The molecule has 2 rings (SSSR count). The summed E-state index contributed by atoms with van der Waals surface area (Å²) in [6, 6.07) is 6.96. The zero-order valence-corrected chi connectivity index (χ0v) is 10.2. The van der Waals surface area contributed by atoms with E-state index in [2.05, 4.69) is 31.0 Å². The number of nitrogens with two attached hydrogens (primary N) is 1. The lowest BCUT2D eigenvalue weighted by molar-refractivity contribution is 0.700. The topological polar surface area (TPSA) is 29.3 Å². The lowest BCUT2D eigenvalue weighted by Gasteiger charge is -2.26. The van der Waals surface area contributed by atoms with Gasteiger partial charge < -0.3 is 10.6 Å². The highest BCUT2D eigenvalue weighted by molar-refractivity contribution is 7.99. The summed E-state index contributed by atoms with van der Waals surface area (Å²) in [5.41, 5.74) is 9.22. The maximum Gasteiger partial charge on any atom is 0.0389 e. The van der Waals surface area contributed by atoms with Crippen molar-refractivity contribution in [1.29, 1.82) is 0 Å². The van der Waals surface area contributed by atoms with E-state index < -0.39 is 0 Å². The Hall–Kier alpha value is -0.830. The zero-order chi connectivity index (χ0) is 10.8. The lowest BCUT2D eigenvalue weighted by atomic mass is 10.1. The first-order chi connectivity index (χ1) is 7.16. The molecule has 1 aromatic carbocycles. The fourth-order valence-corrected chi connectivity index (χ4v) is 3.30. The fraction of sp³-hybridized carbons (Fsp3) is 0.500. The number of nitrogen functional groups attached to an aromatic ring is 1. The van der Waals surface area contributed by atoms with Crippen molar-refractivity contribution >= 4 is 23.1 Å². The first kappa shape index (κ1) is 10.7. The molecule has 0 radical (unpaired) electrons. The maximum atomic E-state index is 5.86. The predicted octanol–water partition coefficient (Wildman–Crippen LogP) is 2.52. The van der Waals surface area contributed by atoms with Crippen molar-refractivity contribution in [3.63, 3.8) is 0 Å². The highest BCUT2D eigenvalue weighted by Crippen LogP contribution is 2.27. The highest BCUT2D eigenvalue weighted by Gasteiger charge is 2.20. The molecule has 1 aliphatic rings. The van der Waals surface area contributed by atoms with Gasteiger partial charge in [-0.25, -0.2) is 0 Å². The van der Waals surface area contributed by atoms with Gasteiger partial charge in [0.05, 0.1) is 0 Å². The Morgan fingerprint density at radius 3 is 2.80 bits per heavy atom. The molecule has 3 heteroatoms. The lowest BCUT2D eigenvalue weighted by Crippen LogP contribution is -2.31. The minimum atomic E-state index is 0.677. The van der Waals surface area contributed by atoms with E-state index in [0.717, 1.165) is 5.69 Å². The Kier molecular flexibility index (Phi) is 3.10. The fourth-order valence-electron chi connectivity index (χ4n) is 2.03. The molecule has 1 aliphatic heterocycles. The first-order valence-electron chi connectivity index (χ1n) is 5.34. The van der Waals surface area contributed by atoms with Crippen molar-refractivity contribution in [2.24, 2.45) is 0 Å². The number of aryl methyl sites for hydroxylation is 1. The van der Waals surface area contributed by atoms with Gasteiger partial charge in [-0.15, -0.1) is 0 Å². The van der Waals surface area contributed by atoms with Crippen molar-refractivity contribution in [3.8, 4) is 0 Å². The van der Waals surface area contributed by atoms with Gasteiger partial charge in [0.2, 0.25) is 0 Å². The summed E-state index contributed by atoms with van der Waals surface area (Å²) in [6.45, 7) is 2.09. The van der Waals surface area contributed by atoms with Crippen LogP contribution in [0, 0.1) is 6.92 Å². The Bertz CT molecular complexity index is 325. The van der Waals surface area contributed by atoms with Crippen molar-refractivity contribution in [1.82, 2.24) is 0 Å². The average molecular weight is 222 g/mol. The predicted molar refractivity (Wildman–Crippen MR) is 69.7 cm³/mol. The molecule has 1 aromatic rings. The van der Waals surface area contributed by atoms with Gasteiger partial charge in [0.15, 0.2) is 0 Å². The second kappa shape index (κ2) is 4.35. The van der Waals surface area contributed by atoms with Crippen LogP contribution in [0.25, 0.3) is 0 Å². The molecule has 0 aliphatic carbocycles. The molecule has 0 aromatic heterocycles. The molecule has 1 saturated heterocycles. The van der Waals surface area contributed by atoms with E-state index in [0.29, 0.717) is 6.04 Å². The number of thioether (sulfide) groups is 1. The average Bonchev–Trinajstić information content (AvgIpc) is 2.67. The van der Waals surface area contributed by atoms with Crippen LogP contribution in [0.15, 0.2) is 18.2 Å². The van der Waals surface area contributed by atoms with E-state index in [9.17, 15) is 0 Å². The van der Waals surface area contributed by atoms with Gasteiger partial charge in [0, 0.05) is 30.2 Å². The quantitative estimate of drug-likeness (QED) is 0.780. The first-order valence-corrected chi connectivity index (χ1v) is 6.50. The molecule has 2 nitrogen and oxygen atoms in total. The van der Waals surface area contributed by atoms with E-state index in [1.807, 2.05) is 17.8 Å². The van der Waals surface area contributed by atoms with Crippen LogP contribution in [0.5, 0.6) is 0 Å². The van der Waals surface area contributed by atoms with Crippen molar-refractivity contribution < 1.29 is 0 Å². The van der Waals surface area contributed by atoms with Gasteiger partial charge in [-0.3, -0.25) is 0 Å². The number of anilines is 2. The highest BCUT2D eigenvalue weighted by atomic mass is 32.2. The van der Waals surface area contributed by atoms with Crippen LogP contribution in [-0.4, -0.2) is 24.6 Å². The van der Waals surface area contributed by atoms with Gasteiger partial charge >= 0.3 is 0 Å². The molecular formula is C12H18N2S. The molecule has 1 unspecified atom stereocenters. The minimum Gasteiger partial charge on any atom is -0.399 e. The Balaban J connectivity index is 2.20. The van der Waals surface area contributed by atoms with Gasteiger partial charge in [0.1, 0.15) is 0 Å². The number of benzene rings is 1. The third-order valence-corrected chi connectivity index (χ3v) is 4.09. The van der Waals surface area contributed by atoms with E-state index in [1.54, 1.807) is 0 Å². The minimum absolute atomic E-state index is 0.677. The van der Waals surface area contributed by atoms with Crippen LogP contribution in [0.2, 0.25) is 0 Å². The SMILES string of the molecule is Cc1cc(N)cc(N(C)C2CCSC2)c1. The number of rotatable bonds is 2. The standard InChI is InChI=1S/C12H18N2S/c1-9-5-10(13)7-12(6-9)14(2)11-3-4-15-8-11/h5-7,11H,3-4,8,13H2,1-2H3. The van der Waals surface area contributed by atoms with Gasteiger partial charge in [0.25, 0.3) is 0 Å². The monoisotopic (exact) mass is 222 g/mol. The Morgan fingerprint density at radius 2 is 2.20 bits per heavy atom. The number of hydrogen-bond acceptors (Lipinski definition) is 3. The molecular weight excluding hydrogens is 204 g/mol. The Labute approximate surface area is 95.8 Å². The molecule has 82 valence electrons. The van der Waals surface area contributed by atoms with Crippen LogP contribution in [0.4, 0.5) is 11.4 Å². The normalized spacial score (nSPS) is 20.5. The summed E-state index contributed by atoms with van der Waals surface area (Å²) in [5.74, 6) is 2.53. The van der Waals surface area contributed by atoms with Crippen LogP contribution in [0.3, 0.4) is 0 Å². The second-order valence-corrected chi connectivity index (χ2v) is 5.38. The van der Waals surface area contributed by atoms with Crippen LogP contribution < -0.4 is 10.6 Å². The van der Waals surface area contributed by atoms with Crippen molar-refractivity contribution in [2.45, 2.75) is 19.4 Å². The number of nitrogens with zero attached hydrogens (tertiary/aromatic N) is 1. The second-order valence-electron chi connectivity index (χ2n) is 4.23. The van der Waals surface area contributed by atoms with E-state index in [1.165, 1.54) is 29.2 Å². The Morgan fingerprint density at radius 1 is 1.40 bits per heavy atom. The summed E-state index contributed by atoms with van der Waals surface area (Å²) in [4.78, 5) is 2.36. The summed E-state index contributed by atoms with van der Waals surface area (Å²) in [5, 5.41) is 0. The molecule has 1 fully saturated rings. The largest absolute Gasteiger partial charge is 0.399 e. The molecule has 2 N–H and O–H groups in total. The van der Waals surface area contributed by atoms with Crippen molar-refractivity contribution in [2.75, 3.05) is 29.2 Å². The molecule has 0 saturated carbocycles. The molecule has 1 atom stereocenters. The third-order valence-electron chi connectivity index (χ3n) is 2.95. The van der Waals surface area contributed by atoms with Crippen LogP contribution in [0.1, 0.15) is 12.0 Å². The molecule has 0 spiro atoms. The molecule has 1 heterocycles. The summed E-state index contributed by atoms with van der Waals surface area (Å²) >= 11 is 2.04. The van der Waals surface area contributed by atoms with E-state index >= 15 is 0 Å². The molecule has 0 amide bonds. The molecule has 0 bridgehead atoms. The van der Waals surface area contributed by atoms with Crippen LogP contribution >= 0.6 is 11.8 Å². The van der Waals surface area contributed by atoms with Gasteiger partial charge in [-0.2, -0.15) is 11.8 Å². The summed E-state index contributed by atoms with van der Waals surface area (Å²) in [6.07, 6.45) is 1.29. The number of hydrogen-bond donors (Lipinski definition) is 1. The third kappa shape index (κ3) is 2.40. The molecule has 15 heavy (non-hydrogen) atoms. The smallest absolute Gasteiger partial charge is 0.0389 e. The van der Waals surface area contributed by atoms with E-state index in [4.69, 9.17) is 5.73 Å². The summed E-state index contributed by atoms with van der Waals surface area (Å²) < 4.78 is 0. The van der Waals surface area contributed by atoms with Gasteiger partial charge in [-0.05, 0) is 42.9 Å². The van der Waals surface area contributed by atoms with Gasteiger partial charge in [-0.1, -0.05) is 0 Å². The van der Waals surface area contributed by atoms with Crippen LogP contribution in [-0.2, 0) is 0 Å². The van der Waals surface area contributed by atoms with Crippen molar-refractivity contribution in [3.05, 3.63) is 23.8 Å².